The number of alkyl halides is 3. The van der Waals surface area contributed by atoms with Crippen LogP contribution in [0.4, 0.5) is 18.9 Å². The molecule has 0 spiro atoms. The molecule has 34 heavy (non-hydrogen) atoms. The highest BCUT2D eigenvalue weighted by atomic mass is 19.4. The zero-order valence-corrected chi connectivity index (χ0v) is 18.6. The van der Waals surface area contributed by atoms with E-state index in [9.17, 15) is 22.8 Å². The maximum absolute atomic E-state index is 13.0. The van der Waals surface area contributed by atoms with Crippen molar-refractivity contribution < 1.29 is 27.4 Å². The lowest BCUT2D eigenvalue weighted by Crippen LogP contribution is -2.47. The molecular formula is C22H22BF3N4O4. The highest BCUT2D eigenvalue weighted by Gasteiger charge is 2.33. The van der Waals surface area contributed by atoms with Crippen molar-refractivity contribution in [1.29, 1.82) is 0 Å². The Morgan fingerprint density at radius 2 is 1.94 bits per heavy atom. The molecule has 2 aromatic carbocycles. The molecule has 12 heteroatoms. The van der Waals surface area contributed by atoms with E-state index in [0.29, 0.717) is 37.2 Å². The van der Waals surface area contributed by atoms with Gasteiger partial charge < -0.3 is 14.8 Å². The highest BCUT2D eigenvalue weighted by molar-refractivity contribution is 6.33. The van der Waals surface area contributed by atoms with Gasteiger partial charge in [0.1, 0.15) is 14.2 Å². The smallest absolute Gasteiger partial charge is 0.404 e. The molecule has 0 radical (unpaired) electrons. The molecular weight excluding hydrogens is 452 g/mol. The molecule has 8 nitrogen and oxygen atoms in total. The summed E-state index contributed by atoms with van der Waals surface area (Å²) in [5.74, 6) is -1.10. The standard InChI is InChI=1S/C22H22BF3N4O4/c1-13(29-6-8-33-9-7-29)20(31)28-18-11-15(3-5-19(18)34-22(24,25)26)30-12-27-17-10-14(23)2-4-16(17)21(30)32/h2-5,10-13H,6-9,23H2,1H3,(H,28,31). The molecule has 1 unspecified atom stereocenters. The molecule has 1 atom stereocenters. The molecule has 0 saturated carbocycles. The second-order valence-corrected chi connectivity index (χ2v) is 7.98. The molecule has 1 aliphatic heterocycles. The number of carbonyl (C=O) groups is 1. The summed E-state index contributed by atoms with van der Waals surface area (Å²) in [6.07, 6.45) is -3.66. The van der Waals surface area contributed by atoms with Gasteiger partial charge in [-0.3, -0.25) is 19.1 Å². The van der Waals surface area contributed by atoms with Crippen LogP contribution in [0.1, 0.15) is 6.92 Å². The fourth-order valence-electron chi connectivity index (χ4n) is 3.76. The third-order valence-electron chi connectivity index (χ3n) is 5.61. The van der Waals surface area contributed by atoms with Gasteiger partial charge in [-0.2, -0.15) is 0 Å². The topological polar surface area (TPSA) is 85.7 Å². The summed E-state index contributed by atoms with van der Waals surface area (Å²) in [6, 6.07) is 8.18. The first-order chi connectivity index (χ1) is 16.1. The van der Waals surface area contributed by atoms with Gasteiger partial charge >= 0.3 is 6.36 Å². The van der Waals surface area contributed by atoms with Crippen LogP contribution in [-0.4, -0.2) is 66.9 Å². The number of nitrogens with zero attached hydrogens (tertiary/aromatic N) is 3. The lowest BCUT2D eigenvalue weighted by molar-refractivity contribution is -0.274. The van der Waals surface area contributed by atoms with Crippen molar-refractivity contribution in [2.24, 2.45) is 0 Å². The average molecular weight is 474 g/mol. The molecule has 0 aliphatic carbocycles. The number of aromatic nitrogens is 2. The van der Waals surface area contributed by atoms with Crippen LogP contribution in [0.15, 0.2) is 47.5 Å². The molecule has 1 aliphatic rings. The first-order valence-electron chi connectivity index (χ1n) is 10.6. The van der Waals surface area contributed by atoms with Gasteiger partial charge in [-0.1, -0.05) is 11.5 Å². The summed E-state index contributed by atoms with van der Waals surface area (Å²) in [5.41, 5.74) is 1.06. The quantitative estimate of drug-likeness (QED) is 0.560. The summed E-state index contributed by atoms with van der Waals surface area (Å²) < 4.78 is 49.5. The van der Waals surface area contributed by atoms with Gasteiger partial charge in [0, 0.05) is 13.1 Å². The van der Waals surface area contributed by atoms with E-state index in [1.807, 2.05) is 12.7 Å². The second-order valence-electron chi connectivity index (χ2n) is 7.98. The predicted molar refractivity (Wildman–Crippen MR) is 123 cm³/mol. The Balaban J connectivity index is 1.70. The van der Waals surface area contributed by atoms with Crippen LogP contribution in [0.2, 0.25) is 0 Å². The average Bonchev–Trinajstić information content (AvgIpc) is 2.79. The number of ether oxygens (including phenoxy) is 2. The number of morpholine rings is 1. The number of anilines is 1. The lowest BCUT2D eigenvalue weighted by Gasteiger charge is -2.31. The normalized spacial score (nSPS) is 15.8. The SMILES string of the molecule is Bc1ccc2c(=O)n(-c3ccc(OC(F)(F)F)c(NC(=O)C(C)N4CCOCC4)c3)cnc2c1. The fourth-order valence-corrected chi connectivity index (χ4v) is 3.76. The maximum atomic E-state index is 13.0. The zero-order valence-electron chi connectivity index (χ0n) is 18.6. The van der Waals surface area contributed by atoms with Crippen molar-refractivity contribution in [3.8, 4) is 11.4 Å². The Hall–Kier alpha value is -3.38. The van der Waals surface area contributed by atoms with Crippen molar-refractivity contribution in [2.75, 3.05) is 31.6 Å². The van der Waals surface area contributed by atoms with Crippen LogP contribution in [0.3, 0.4) is 0 Å². The minimum Gasteiger partial charge on any atom is -0.404 e. The Bertz CT molecular complexity index is 1280. The van der Waals surface area contributed by atoms with Crippen LogP contribution in [-0.2, 0) is 9.53 Å². The van der Waals surface area contributed by atoms with Gasteiger partial charge in [-0.15, -0.1) is 13.2 Å². The summed E-state index contributed by atoms with van der Waals surface area (Å²) in [7, 11) is 1.87. The van der Waals surface area contributed by atoms with E-state index in [2.05, 4.69) is 15.0 Å². The van der Waals surface area contributed by atoms with Crippen LogP contribution >= 0.6 is 0 Å². The van der Waals surface area contributed by atoms with Crippen molar-refractivity contribution in [1.82, 2.24) is 14.5 Å². The zero-order chi connectivity index (χ0) is 24.5. The number of halogens is 3. The molecule has 1 N–H and O–H groups in total. The largest absolute Gasteiger partial charge is 0.573 e. The first kappa shape index (κ1) is 23.8. The lowest BCUT2D eigenvalue weighted by atomic mass is 9.95. The minimum atomic E-state index is -4.96. The summed E-state index contributed by atoms with van der Waals surface area (Å²) >= 11 is 0. The molecule has 0 bridgehead atoms. The van der Waals surface area contributed by atoms with Gasteiger partial charge in [0.05, 0.1) is 41.5 Å². The molecule has 1 saturated heterocycles. The fraction of sp³-hybridized carbons (Fsp3) is 0.318. The summed E-state index contributed by atoms with van der Waals surface area (Å²) in [5, 5.41) is 2.88. The van der Waals surface area contributed by atoms with Crippen molar-refractivity contribution >= 4 is 35.8 Å². The number of hydrogen-bond donors (Lipinski definition) is 1. The molecule has 1 fully saturated rings. The molecule has 2 heterocycles. The number of nitrogens with one attached hydrogen (secondary N) is 1. The van der Waals surface area contributed by atoms with E-state index in [0.717, 1.165) is 11.5 Å². The van der Waals surface area contributed by atoms with Crippen molar-refractivity contribution in [2.45, 2.75) is 19.3 Å². The van der Waals surface area contributed by atoms with E-state index in [1.165, 1.54) is 23.0 Å². The Kier molecular flexibility index (Phi) is 6.62. The van der Waals surface area contributed by atoms with E-state index in [1.54, 1.807) is 25.1 Å². The highest BCUT2D eigenvalue weighted by Crippen LogP contribution is 2.32. The second kappa shape index (κ2) is 9.47. The van der Waals surface area contributed by atoms with Crippen LogP contribution in [0.5, 0.6) is 5.75 Å². The van der Waals surface area contributed by atoms with E-state index < -0.39 is 29.6 Å². The minimum absolute atomic E-state index is 0.212. The number of carbonyl (C=O) groups excluding carboxylic acids is 1. The van der Waals surface area contributed by atoms with Crippen LogP contribution in [0, 0.1) is 0 Å². The predicted octanol–water partition coefficient (Wildman–Crippen LogP) is 1.20. The van der Waals surface area contributed by atoms with E-state index >= 15 is 0 Å². The number of rotatable bonds is 5. The van der Waals surface area contributed by atoms with Crippen molar-refractivity contribution in [3.63, 3.8) is 0 Å². The Morgan fingerprint density at radius 1 is 1.21 bits per heavy atom. The number of hydrogen-bond acceptors (Lipinski definition) is 6. The molecule has 1 aromatic heterocycles. The van der Waals surface area contributed by atoms with Gasteiger partial charge in [-0.25, -0.2) is 4.98 Å². The van der Waals surface area contributed by atoms with Gasteiger partial charge in [0.15, 0.2) is 5.75 Å². The number of amides is 1. The first-order valence-corrected chi connectivity index (χ1v) is 10.6. The van der Waals surface area contributed by atoms with Crippen LogP contribution in [0.25, 0.3) is 16.6 Å². The molecule has 4 rings (SSSR count). The van der Waals surface area contributed by atoms with Crippen molar-refractivity contribution in [3.05, 3.63) is 53.1 Å². The number of benzene rings is 2. The summed E-state index contributed by atoms with van der Waals surface area (Å²) in [4.78, 5) is 32.0. The molecule has 3 aromatic rings. The van der Waals surface area contributed by atoms with E-state index in [4.69, 9.17) is 4.74 Å². The molecule has 178 valence electrons. The third kappa shape index (κ3) is 5.23. The van der Waals surface area contributed by atoms with Gasteiger partial charge in [0.2, 0.25) is 5.91 Å². The number of fused-ring (bicyclic) bond motifs is 1. The monoisotopic (exact) mass is 474 g/mol. The Labute approximate surface area is 193 Å². The maximum Gasteiger partial charge on any atom is 0.573 e. The third-order valence-corrected chi connectivity index (χ3v) is 5.61. The summed E-state index contributed by atoms with van der Waals surface area (Å²) in [6.45, 7) is 3.64. The van der Waals surface area contributed by atoms with Crippen LogP contribution < -0.4 is 21.1 Å². The van der Waals surface area contributed by atoms with E-state index in [-0.39, 0.29) is 11.4 Å². The Morgan fingerprint density at radius 3 is 2.65 bits per heavy atom. The van der Waals surface area contributed by atoms with Gasteiger partial charge in [0.25, 0.3) is 5.56 Å². The van der Waals surface area contributed by atoms with Gasteiger partial charge in [-0.05, 0) is 37.3 Å². The molecule has 1 amide bonds.